The molecule has 1 heteroatoms. The minimum atomic E-state index is 0.585. The number of fused-ring (bicyclic) bond motifs is 3. The summed E-state index contributed by atoms with van der Waals surface area (Å²) in [6.45, 7) is 7.70. The molecule has 1 atom stereocenters. The minimum absolute atomic E-state index is 0.585. The number of hydrogen-bond donors (Lipinski definition) is 0. The first-order valence-electron chi connectivity index (χ1n) is 6.16. The van der Waals surface area contributed by atoms with Crippen molar-refractivity contribution < 1.29 is 4.74 Å². The third kappa shape index (κ3) is 1.17. The second kappa shape index (κ2) is 3.38. The van der Waals surface area contributed by atoms with Crippen LogP contribution in [0.2, 0.25) is 0 Å². The van der Waals surface area contributed by atoms with Crippen molar-refractivity contribution in [3.63, 3.8) is 0 Å². The van der Waals surface area contributed by atoms with E-state index in [2.05, 4.69) is 32.9 Å². The molecule has 1 aromatic carbocycles. The van der Waals surface area contributed by atoms with Crippen LogP contribution in [0.25, 0.3) is 5.57 Å². The Morgan fingerprint density at radius 3 is 2.88 bits per heavy atom. The summed E-state index contributed by atoms with van der Waals surface area (Å²) in [6.07, 6.45) is 2.33. The van der Waals surface area contributed by atoms with Gasteiger partial charge < -0.3 is 4.74 Å². The van der Waals surface area contributed by atoms with E-state index in [1.807, 2.05) is 0 Å². The predicted octanol–water partition coefficient (Wildman–Crippen LogP) is 3.92. The summed E-state index contributed by atoms with van der Waals surface area (Å²) in [7, 11) is 0. The lowest BCUT2D eigenvalue weighted by molar-refractivity contribution is 0.288. The zero-order valence-electron chi connectivity index (χ0n) is 10.3. The molecule has 1 unspecified atom stereocenters. The molecule has 0 N–H and O–H groups in total. The van der Waals surface area contributed by atoms with Crippen LogP contribution in [0.15, 0.2) is 17.7 Å². The number of hydrogen-bond acceptors (Lipinski definition) is 1. The lowest BCUT2D eigenvalue weighted by Crippen LogP contribution is -2.10. The van der Waals surface area contributed by atoms with Gasteiger partial charge in [0.05, 0.1) is 6.61 Å². The summed E-state index contributed by atoms with van der Waals surface area (Å²) < 4.78 is 5.74. The molecule has 3 rings (SSSR count). The van der Waals surface area contributed by atoms with E-state index in [0.29, 0.717) is 5.92 Å². The Morgan fingerprint density at radius 2 is 2.06 bits per heavy atom. The van der Waals surface area contributed by atoms with Gasteiger partial charge in [0.15, 0.2) is 0 Å². The van der Waals surface area contributed by atoms with E-state index in [0.717, 1.165) is 18.8 Å². The van der Waals surface area contributed by atoms with E-state index in [9.17, 15) is 0 Å². The van der Waals surface area contributed by atoms with Crippen molar-refractivity contribution >= 4 is 5.57 Å². The van der Waals surface area contributed by atoms with Gasteiger partial charge in [-0.15, -0.1) is 0 Å². The largest absolute Gasteiger partial charge is 0.493 e. The fourth-order valence-corrected chi connectivity index (χ4v) is 3.02. The molecule has 0 radical (unpaired) electrons. The molecule has 16 heavy (non-hydrogen) atoms. The van der Waals surface area contributed by atoms with Crippen molar-refractivity contribution in [1.29, 1.82) is 0 Å². The van der Waals surface area contributed by atoms with Crippen molar-refractivity contribution in [2.45, 2.75) is 39.5 Å². The van der Waals surface area contributed by atoms with Crippen molar-refractivity contribution in [3.8, 4) is 5.75 Å². The molecule has 1 nitrogen and oxygen atoms in total. The molecule has 1 aromatic rings. The first-order chi connectivity index (χ1) is 7.70. The second-order valence-electron chi connectivity index (χ2n) is 4.99. The van der Waals surface area contributed by atoms with E-state index < -0.39 is 0 Å². The normalized spacial score (nSPS) is 22.8. The SMILES string of the molecule is CC1=C(C)C(C)c2ccc3c(c21)CCCO3. The van der Waals surface area contributed by atoms with Gasteiger partial charge >= 0.3 is 0 Å². The zero-order valence-corrected chi connectivity index (χ0v) is 10.3. The van der Waals surface area contributed by atoms with Gasteiger partial charge in [0.2, 0.25) is 0 Å². The summed E-state index contributed by atoms with van der Waals surface area (Å²) in [5.74, 6) is 1.70. The average molecular weight is 214 g/mol. The predicted molar refractivity (Wildman–Crippen MR) is 66.9 cm³/mol. The van der Waals surface area contributed by atoms with E-state index in [-0.39, 0.29) is 0 Å². The highest BCUT2D eigenvalue weighted by Gasteiger charge is 2.28. The van der Waals surface area contributed by atoms with Gasteiger partial charge in [0.1, 0.15) is 5.75 Å². The van der Waals surface area contributed by atoms with Gasteiger partial charge in [-0.05, 0) is 49.5 Å². The molecule has 0 fully saturated rings. The van der Waals surface area contributed by atoms with Crippen molar-refractivity contribution in [2.24, 2.45) is 0 Å². The quantitative estimate of drug-likeness (QED) is 0.636. The summed E-state index contributed by atoms with van der Waals surface area (Å²) in [4.78, 5) is 0. The Hall–Kier alpha value is -1.24. The van der Waals surface area contributed by atoms with E-state index >= 15 is 0 Å². The molecule has 1 heterocycles. The lowest BCUT2D eigenvalue weighted by Gasteiger charge is -2.21. The zero-order chi connectivity index (χ0) is 11.3. The average Bonchev–Trinajstić information content (AvgIpc) is 2.55. The fraction of sp³-hybridized carbons (Fsp3) is 0.467. The summed E-state index contributed by atoms with van der Waals surface area (Å²) in [5.41, 5.74) is 7.44. The summed E-state index contributed by atoms with van der Waals surface area (Å²) in [5, 5.41) is 0. The van der Waals surface area contributed by atoms with Gasteiger partial charge in [0, 0.05) is 11.5 Å². The highest BCUT2D eigenvalue weighted by molar-refractivity contribution is 5.80. The highest BCUT2D eigenvalue weighted by Crippen LogP contribution is 2.46. The van der Waals surface area contributed by atoms with Crippen LogP contribution in [0.3, 0.4) is 0 Å². The van der Waals surface area contributed by atoms with E-state index in [4.69, 9.17) is 4.74 Å². The molecule has 0 spiro atoms. The van der Waals surface area contributed by atoms with Crippen LogP contribution < -0.4 is 4.74 Å². The third-order valence-electron chi connectivity index (χ3n) is 4.21. The van der Waals surface area contributed by atoms with Crippen LogP contribution in [0.1, 0.15) is 49.8 Å². The minimum Gasteiger partial charge on any atom is -0.493 e. The maximum Gasteiger partial charge on any atom is 0.123 e. The van der Waals surface area contributed by atoms with Crippen LogP contribution in [0.4, 0.5) is 0 Å². The first-order valence-corrected chi connectivity index (χ1v) is 6.16. The second-order valence-corrected chi connectivity index (χ2v) is 4.99. The van der Waals surface area contributed by atoms with Crippen LogP contribution >= 0.6 is 0 Å². The molecule has 0 saturated heterocycles. The molecule has 0 amide bonds. The number of benzene rings is 1. The molecule has 84 valence electrons. The Bertz CT molecular complexity index is 482. The van der Waals surface area contributed by atoms with E-state index in [1.165, 1.54) is 34.3 Å². The van der Waals surface area contributed by atoms with Crippen molar-refractivity contribution in [1.82, 2.24) is 0 Å². The monoisotopic (exact) mass is 214 g/mol. The number of allylic oxidation sites excluding steroid dienone is 2. The van der Waals surface area contributed by atoms with Gasteiger partial charge in [-0.2, -0.15) is 0 Å². The topological polar surface area (TPSA) is 9.23 Å². The van der Waals surface area contributed by atoms with Crippen LogP contribution in [-0.2, 0) is 6.42 Å². The molecular weight excluding hydrogens is 196 g/mol. The molecule has 0 bridgehead atoms. The summed E-state index contributed by atoms with van der Waals surface area (Å²) >= 11 is 0. The van der Waals surface area contributed by atoms with Gasteiger partial charge in [0.25, 0.3) is 0 Å². The molecule has 1 aliphatic carbocycles. The lowest BCUT2D eigenvalue weighted by atomic mass is 9.92. The molecule has 1 aliphatic heterocycles. The Balaban J connectivity index is 2.25. The van der Waals surface area contributed by atoms with Crippen molar-refractivity contribution in [2.75, 3.05) is 6.61 Å². The fourth-order valence-electron chi connectivity index (χ4n) is 3.02. The maximum atomic E-state index is 5.74. The number of ether oxygens (including phenoxy) is 1. The third-order valence-corrected chi connectivity index (χ3v) is 4.21. The number of rotatable bonds is 0. The van der Waals surface area contributed by atoms with Gasteiger partial charge in [-0.25, -0.2) is 0 Å². The Labute approximate surface area is 97.1 Å². The Morgan fingerprint density at radius 1 is 1.25 bits per heavy atom. The molecule has 2 aliphatic rings. The molecule has 0 aromatic heterocycles. The molecular formula is C15H18O. The van der Waals surface area contributed by atoms with Crippen LogP contribution in [-0.4, -0.2) is 6.61 Å². The van der Waals surface area contributed by atoms with Crippen LogP contribution in [0.5, 0.6) is 5.75 Å². The van der Waals surface area contributed by atoms with Gasteiger partial charge in [-0.1, -0.05) is 18.6 Å². The maximum absolute atomic E-state index is 5.74. The Kier molecular flexibility index (Phi) is 2.10. The van der Waals surface area contributed by atoms with Crippen LogP contribution in [0, 0.1) is 0 Å². The first kappa shape index (κ1) is 9.95. The van der Waals surface area contributed by atoms with Crippen molar-refractivity contribution in [3.05, 3.63) is 34.4 Å². The smallest absolute Gasteiger partial charge is 0.123 e. The van der Waals surface area contributed by atoms with Gasteiger partial charge in [-0.3, -0.25) is 0 Å². The summed E-state index contributed by atoms with van der Waals surface area (Å²) in [6, 6.07) is 4.42. The molecule has 0 saturated carbocycles. The highest BCUT2D eigenvalue weighted by atomic mass is 16.5. The van der Waals surface area contributed by atoms with E-state index in [1.54, 1.807) is 0 Å². The standard InChI is InChI=1S/C15H18O/c1-9-10(2)12-6-7-14-13(5-4-8-16-14)15(12)11(9)3/h6-7,10H,4-5,8H2,1-3H3.